The molecule has 0 spiro atoms. The van der Waals surface area contributed by atoms with Gasteiger partial charge in [0.1, 0.15) is 5.69 Å². The molecule has 0 fully saturated rings. The van der Waals surface area contributed by atoms with Crippen molar-refractivity contribution in [3.8, 4) is 0 Å². The number of nitrogens with zero attached hydrogens (tertiary/aromatic N) is 1. The van der Waals surface area contributed by atoms with E-state index in [0.717, 1.165) is 6.26 Å². The molecule has 2 aromatic rings. The number of rotatable bonds is 5. The van der Waals surface area contributed by atoms with Crippen molar-refractivity contribution >= 4 is 27.1 Å². The number of sulfone groups is 1. The van der Waals surface area contributed by atoms with Gasteiger partial charge in [0.2, 0.25) is 0 Å². The fraction of sp³-hybridized carbons (Fsp3) is 0.133. The lowest BCUT2D eigenvalue weighted by Crippen LogP contribution is -2.29. The van der Waals surface area contributed by atoms with Gasteiger partial charge in [0.15, 0.2) is 9.84 Å². The van der Waals surface area contributed by atoms with Crippen LogP contribution in [-0.2, 0) is 9.84 Å². The normalized spacial score (nSPS) is 10.9. The highest BCUT2D eigenvalue weighted by molar-refractivity contribution is 7.90. The molecule has 0 atom stereocenters. The number of nitro groups is 1. The molecule has 2 N–H and O–H groups in total. The minimum absolute atomic E-state index is 0.0563. The smallest absolute Gasteiger partial charge is 0.292 e. The van der Waals surface area contributed by atoms with Crippen molar-refractivity contribution in [3.05, 3.63) is 63.7 Å². The summed E-state index contributed by atoms with van der Waals surface area (Å²) < 4.78 is 23.4. The Morgan fingerprint density at radius 1 is 1.17 bits per heavy atom. The molecule has 0 saturated carbocycles. The van der Waals surface area contributed by atoms with Crippen molar-refractivity contribution in [2.45, 2.75) is 11.8 Å². The van der Waals surface area contributed by atoms with Gasteiger partial charge in [-0.1, -0.05) is 18.2 Å². The van der Waals surface area contributed by atoms with E-state index < -0.39 is 20.7 Å². The Hall–Kier alpha value is -2.94. The van der Waals surface area contributed by atoms with Crippen molar-refractivity contribution in [2.75, 3.05) is 11.7 Å². The zero-order valence-electron chi connectivity index (χ0n) is 12.9. The third kappa shape index (κ3) is 3.87. The summed E-state index contributed by atoms with van der Waals surface area (Å²) in [5, 5.41) is 10.9. The van der Waals surface area contributed by atoms with Crippen molar-refractivity contribution in [3.63, 3.8) is 0 Å². The number of nitro benzene ring substituents is 1. The Balaban J connectivity index is 2.22. The van der Waals surface area contributed by atoms with Crippen LogP contribution in [0.2, 0.25) is 0 Å². The van der Waals surface area contributed by atoms with Crippen LogP contribution >= 0.6 is 0 Å². The summed E-state index contributed by atoms with van der Waals surface area (Å²) in [6.07, 6.45) is 1.06. The van der Waals surface area contributed by atoms with E-state index in [4.69, 9.17) is 0 Å². The van der Waals surface area contributed by atoms with Gasteiger partial charge in [0, 0.05) is 17.9 Å². The summed E-state index contributed by atoms with van der Waals surface area (Å²) in [5.74, 6) is -0.613. The van der Waals surface area contributed by atoms with Crippen LogP contribution in [0.1, 0.15) is 15.9 Å². The van der Waals surface area contributed by atoms with Crippen molar-refractivity contribution < 1.29 is 18.1 Å². The van der Waals surface area contributed by atoms with Gasteiger partial charge in [-0.3, -0.25) is 25.8 Å². The van der Waals surface area contributed by atoms with Crippen molar-refractivity contribution in [1.29, 1.82) is 0 Å². The molecule has 0 aliphatic rings. The van der Waals surface area contributed by atoms with Gasteiger partial charge in [0.05, 0.1) is 9.82 Å². The summed E-state index contributed by atoms with van der Waals surface area (Å²) >= 11 is 0. The summed E-state index contributed by atoms with van der Waals surface area (Å²) in [6, 6.07) is 10.1. The van der Waals surface area contributed by atoms with Crippen LogP contribution in [0.5, 0.6) is 0 Å². The Morgan fingerprint density at radius 2 is 1.83 bits per heavy atom. The van der Waals surface area contributed by atoms with E-state index >= 15 is 0 Å². The van der Waals surface area contributed by atoms with E-state index in [0.29, 0.717) is 5.56 Å². The van der Waals surface area contributed by atoms with Crippen LogP contribution in [0, 0.1) is 17.0 Å². The molecular formula is C15H15N3O5S. The maximum atomic E-state index is 12.2. The molecule has 24 heavy (non-hydrogen) atoms. The van der Waals surface area contributed by atoms with E-state index in [1.165, 1.54) is 36.4 Å². The number of carbonyl (C=O) groups excluding carboxylic acids is 1. The van der Waals surface area contributed by atoms with Crippen LogP contribution in [0.3, 0.4) is 0 Å². The van der Waals surface area contributed by atoms with Crippen molar-refractivity contribution in [1.82, 2.24) is 5.43 Å². The van der Waals surface area contributed by atoms with Gasteiger partial charge in [-0.25, -0.2) is 8.42 Å². The number of hydrogen-bond acceptors (Lipinski definition) is 6. The molecule has 0 heterocycles. The molecule has 0 aromatic heterocycles. The number of hydrogen-bond donors (Lipinski definition) is 2. The zero-order valence-corrected chi connectivity index (χ0v) is 13.8. The molecule has 0 bridgehead atoms. The Kier molecular flexibility index (Phi) is 4.84. The molecule has 126 valence electrons. The van der Waals surface area contributed by atoms with Crippen LogP contribution < -0.4 is 10.9 Å². The molecule has 1 amide bonds. The van der Waals surface area contributed by atoms with Gasteiger partial charge < -0.3 is 0 Å². The number of amides is 1. The van der Waals surface area contributed by atoms with Crippen LogP contribution in [0.25, 0.3) is 0 Å². The van der Waals surface area contributed by atoms with E-state index in [9.17, 15) is 23.3 Å². The summed E-state index contributed by atoms with van der Waals surface area (Å²) in [5.41, 5.74) is 5.36. The van der Waals surface area contributed by atoms with E-state index in [-0.39, 0.29) is 21.8 Å². The second kappa shape index (κ2) is 6.67. The number of hydrazine groups is 1. The summed E-state index contributed by atoms with van der Waals surface area (Å²) in [7, 11) is -3.46. The molecule has 2 rings (SSSR count). The quantitative estimate of drug-likeness (QED) is 0.630. The first kappa shape index (κ1) is 17.4. The summed E-state index contributed by atoms with van der Waals surface area (Å²) in [6.45, 7) is 1.63. The monoisotopic (exact) mass is 349 g/mol. The predicted octanol–water partition coefficient (Wildman–Crippen LogP) is 2.06. The van der Waals surface area contributed by atoms with Gasteiger partial charge in [-0.05, 0) is 30.7 Å². The molecule has 0 saturated heterocycles. The molecule has 9 heteroatoms. The highest BCUT2D eigenvalue weighted by atomic mass is 32.2. The zero-order chi connectivity index (χ0) is 17.9. The number of carbonyl (C=O) groups is 1. The number of aryl methyl sites for hydroxylation is 1. The minimum Gasteiger partial charge on any atom is -0.292 e. The molecule has 0 aliphatic heterocycles. The second-order valence-corrected chi connectivity index (χ2v) is 7.09. The highest BCUT2D eigenvalue weighted by Gasteiger charge is 2.16. The molecule has 0 radical (unpaired) electrons. The Bertz CT molecular complexity index is 909. The fourth-order valence-corrected chi connectivity index (χ4v) is 3.07. The van der Waals surface area contributed by atoms with Gasteiger partial charge in [-0.2, -0.15) is 0 Å². The molecular weight excluding hydrogens is 334 g/mol. The average molecular weight is 349 g/mol. The lowest BCUT2D eigenvalue weighted by Gasteiger charge is -2.10. The topological polar surface area (TPSA) is 118 Å². The number of para-hydroxylation sites is 2. The highest BCUT2D eigenvalue weighted by Crippen LogP contribution is 2.22. The minimum atomic E-state index is -3.46. The average Bonchev–Trinajstić information content (AvgIpc) is 2.52. The second-order valence-electron chi connectivity index (χ2n) is 5.11. The Morgan fingerprint density at radius 3 is 2.46 bits per heavy atom. The maximum Gasteiger partial charge on any atom is 0.294 e. The first-order valence-electron chi connectivity index (χ1n) is 6.80. The van der Waals surface area contributed by atoms with E-state index in [2.05, 4.69) is 10.9 Å². The lowest BCUT2D eigenvalue weighted by atomic mass is 10.1. The standard InChI is InChI=1S/C15H15N3O5S/c1-10-7-8-11(9-14(10)24(2,22)23)15(19)17-16-12-5-3-4-6-13(12)18(20)21/h3-9,16H,1-2H3,(H,17,19). The van der Waals surface area contributed by atoms with Gasteiger partial charge >= 0.3 is 0 Å². The maximum absolute atomic E-state index is 12.2. The van der Waals surface area contributed by atoms with Crippen LogP contribution in [0.15, 0.2) is 47.4 Å². The largest absolute Gasteiger partial charge is 0.294 e. The summed E-state index contributed by atoms with van der Waals surface area (Å²) in [4.78, 5) is 22.5. The van der Waals surface area contributed by atoms with Gasteiger partial charge in [0.25, 0.3) is 11.6 Å². The molecule has 0 unspecified atom stereocenters. The van der Waals surface area contributed by atoms with Crippen LogP contribution in [0.4, 0.5) is 11.4 Å². The van der Waals surface area contributed by atoms with Gasteiger partial charge in [-0.15, -0.1) is 0 Å². The SMILES string of the molecule is Cc1ccc(C(=O)NNc2ccccc2[N+](=O)[O-])cc1S(C)(=O)=O. The van der Waals surface area contributed by atoms with E-state index in [1.54, 1.807) is 13.0 Å². The van der Waals surface area contributed by atoms with Crippen molar-refractivity contribution in [2.24, 2.45) is 0 Å². The third-order valence-electron chi connectivity index (χ3n) is 3.26. The molecule has 2 aromatic carbocycles. The lowest BCUT2D eigenvalue weighted by molar-refractivity contribution is -0.384. The van der Waals surface area contributed by atoms with E-state index in [1.807, 2.05) is 0 Å². The molecule has 0 aliphatic carbocycles. The third-order valence-corrected chi connectivity index (χ3v) is 4.50. The number of benzene rings is 2. The fourth-order valence-electron chi connectivity index (χ4n) is 2.08. The number of nitrogens with one attached hydrogen (secondary N) is 2. The number of anilines is 1. The predicted molar refractivity (Wildman–Crippen MR) is 88.5 cm³/mol. The first-order chi connectivity index (χ1) is 11.2. The molecule has 8 nitrogen and oxygen atoms in total. The first-order valence-corrected chi connectivity index (χ1v) is 8.70. The van der Waals surface area contributed by atoms with Crippen LogP contribution in [-0.4, -0.2) is 25.5 Å². The Labute approximate surface area is 138 Å².